The molecule has 0 aromatic carbocycles. The molecule has 5 atom stereocenters. The lowest BCUT2D eigenvalue weighted by Gasteiger charge is -2.41. The van der Waals surface area contributed by atoms with Gasteiger partial charge in [-0.25, -0.2) is 0 Å². The molecule has 0 spiro atoms. The van der Waals surface area contributed by atoms with Gasteiger partial charge < -0.3 is 19.3 Å². The first kappa shape index (κ1) is 13.7. The van der Waals surface area contributed by atoms with Crippen molar-refractivity contribution >= 4 is 14.1 Å². The summed E-state index contributed by atoms with van der Waals surface area (Å²) in [5.74, 6) is 0.141. The highest BCUT2D eigenvalue weighted by Gasteiger charge is 2.37. The first-order valence-corrected chi connectivity index (χ1v) is 8.64. The molecule has 5 nitrogen and oxygen atoms in total. The molecule has 1 aliphatic heterocycles. The summed E-state index contributed by atoms with van der Waals surface area (Å²) in [7, 11) is -1.80. The molecule has 1 rings (SSSR count). The minimum absolute atomic E-state index is 0.0807. The van der Waals surface area contributed by atoms with E-state index in [0.717, 1.165) is 6.42 Å². The topological polar surface area (TPSA) is 56.8 Å². The molecule has 1 fully saturated rings. The van der Waals surface area contributed by atoms with E-state index in [1.54, 1.807) is 0 Å². The van der Waals surface area contributed by atoms with E-state index in [0.29, 0.717) is 6.61 Å². The zero-order chi connectivity index (χ0) is 16.0. The second-order valence-corrected chi connectivity index (χ2v) is 7.06. The van der Waals surface area contributed by atoms with E-state index in [1.807, 2.05) is 13.3 Å². The van der Waals surface area contributed by atoms with E-state index in [1.165, 1.54) is 6.92 Å². The SMILES string of the molecule is [2H]C([3H])OC[C@@H]1C[C@H](C)[C@H](NC(C)=O)[C@H](COP(C)C)O1. The van der Waals surface area contributed by atoms with Crippen molar-refractivity contribution in [1.29, 1.82) is 0 Å². The second-order valence-electron chi connectivity index (χ2n) is 5.18. The molecule has 1 heterocycles. The predicted molar refractivity (Wildman–Crippen MR) is 76.6 cm³/mol. The van der Waals surface area contributed by atoms with Gasteiger partial charge in [-0.05, 0) is 25.7 Å². The van der Waals surface area contributed by atoms with Gasteiger partial charge in [0.25, 0.3) is 0 Å². The number of carbonyl (C=O) groups is 1. The van der Waals surface area contributed by atoms with Crippen molar-refractivity contribution in [3.8, 4) is 0 Å². The van der Waals surface area contributed by atoms with Gasteiger partial charge in [-0.1, -0.05) is 6.92 Å². The van der Waals surface area contributed by atoms with Crippen LogP contribution in [0.3, 0.4) is 0 Å². The van der Waals surface area contributed by atoms with Gasteiger partial charge in [0.15, 0.2) is 0 Å². The summed E-state index contributed by atoms with van der Waals surface area (Å²) >= 11 is 0. The van der Waals surface area contributed by atoms with Crippen molar-refractivity contribution in [1.82, 2.24) is 5.32 Å². The van der Waals surface area contributed by atoms with Crippen LogP contribution in [-0.4, -0.2) is 57.8 Å². The Labute approximate surface area is 120 Å². The quantitative estimate of drug-likeness (QED) is 0.756. The lowest BCUT2D eigenvalue weighted by Crippen LogP contribution is -2.55. The van der Waals surface area contributed by atoms with E-state index in [4.69, 9.17) is 16.7 Å². The summed E-state index contributed by atoms with van der Waals surface area (Å²) in [6.07, 6.45) is 0.323. The third kappa shape index (κ3) is 5.74. The Balaban J connectivity index is 2.64. The van der Waals surface area contributed by atoms with Crippen LogP contribution in [0.25, 0.3) is 0 Å². The molecule has 1 amide bonds. The fraction of sp³-hybridized carbons (Fsp3) is 0.923. The standard InChI is InChI=1S/C13H26NO4P/c1-9-6-11(7-16-3)18-12(8-17-19(4)5)13(9)14-10(2)15/h9,11-13H,6-8H2,1-5H3,(H,14,15)/t9-,11-,12-,13-/m0/s1/i3TD/t3?,9-,11-,12-,13-. The number of rotatable bonds is 6. The van der Waals surface area contributed by atoms with E-state index in [-0.39, 0.29) is 36.7 Å². The Hall–Kier alpha value is -0.220. The molecule has 0 aromatic heterocycles. The van der Waals surface area contributed by atoms with E-state index < -0.39 is 15.2 Å². The number of ether oxygens (including phenoxy) is 2. The zero-order valence-corrected chi connectivity index (χ0v) is 13.0. The summed E-state index contributed by atoms with van der Waals surface area (Å²) in [6, 6.07) is -0.0866. The van der Waals surface area contributed by atoms with Crippen LogP contribution >= 0.6 is 8.15 Å². The zero-order valence-electron chi connectivity index (χ0n) is 14.1. The lowest BCUT2D eigenvalue weighted by molar-refractivity contribution is -0.136. The number of carbonyl (C=O) groups excluding carboxylic acids is 1. The Bertz CT molecular complexity index is 333. The van der Waals surface area contributed by atoms with Gasteiger partial charge >= 0.3 is 0 Å². The molecular formula is C13H26NO4P. The summed E-state index contributed by atoms with van der Waals surface area (Å²) in [5, 5.41) is 2.94. The van der Waals surface area contributed by atoms with Crippen LogP contribution in [0.1, 0.15) is 23.0 Å². The Morgan fingerprint density at radius 3 is 2.95 bits per heavy atom. The Kier molecular flexibility index (Phi) is 5.90. The van der Waals surface area contributed by atoms with Crippen LogP contribution in [0.15, 0.2) is 0 Å². The number of hydrogen-bond donors (Lipinski definition) is 1. The summed E-state index contributed by atoms with van der Waals surface area (Å²) < 4.78 is 30.8. The minimum atomic E-state index is -1.30. The smallest absolute Gasteiger partial charge is 0.217 e. The van der Waals surface area contributed by atoms with Crippen LogP contribution in [-0.2, 0) is 18.8 Å². The first-order chi connectivity index (χ1) is 9.79. The minimum Gasteiger partial charge on any atom is -0.382 e. The molecule has 0 bridgehead atoms. The van der Waals surface area contributed by atoms with Gasteiger partial charge in [-0.15, -0.1) is 0 Å². The van der Waals surface area contributed by atoms with Crippen LogP contribution in [0.2, 0.25) is 0 Å². The van der Waals surface area contributed by atoms with Crippen LogP contribution in [0.5, 0.6) is 0 Å². The van der Waals surface area contributed by atoms with Crippen LogP contribution in [0, 0.1) is 5.92 Å². The van der Waals surface area contributed by atoms with Crippen molar-refractivity contribution in [2.45, 2.75) is 38.5 Å². The molecular weight excluding hydrogens is 265 g/mol. The van der Waals surface area contributed by atoms with Crippen molar-refractivity contribution in [2.75, 3.05) is 33.6 Å². The molecule has 0 aliphatic carbocycles. The summed E-state index contributed by atoms with van der Waals surface area (Å²) in [4.78, 5) is 11.4. The third-order valence-electron chi connectivity index (χ3n) is 3.16. The number of amides is 1. The number of methoxy groups -OCH3 is 1. The molecule has 1 saturated heterocycles. The maximum atomic E-state index is 11.4. The van der Waals surface area contributed by atoms with Gasteiger partial charge in [0.1, 0.15) is 6.10 Å². The van der Waals surface area contributed by atoms with Crippen molar-refractivity contribution in [3.63, 3.8) is 0 Å². The molecule has 0 saturated carbocycles. The van der Waals surface area contributed by atoms with Gasteiger partial charge in [-0.2, -0.15) is 0 Å². The Morgan fingerprint density at radius 2 is 2.37 bits per heavy atom. The highest BCUT2D eigenvalue weighted by atomic mass is 31.1. The van der Waals surface area contributed by atoms with Gasteiger partial charge in [0, 0.05) is 22.1 Å². The second kappa shape index (κ2) is 8.15. The molecule has 1 aliphatic rings. The molecule has 0 aromatic rings. The van der Waals surface area contributed by atoms with Crippen LogP contribution in [0.4, 0.5) is 0 Å². The largest absolute Gasteiger partial charge is 0.382 e. The van der Waals surface area contributed by atoms with E-state index in [9.17, 15) is 4.79 Å². The molecule has 0 radical (unpaired) electrons. The van der Waals surface area contributed by atoms with Crippen molar-refractivity contribution in [2.24, 2.45) is 5.92 Å². The highest BCUT2D eigenvalue weighted by molar-refractivity contribution is 7.50. The van der Waals surface area contributed by atoms with Gasteiger partial charge in [-0.3, -0.25) is 4.79 Å². The van der Waals surface area contributed by atoms with Gasteiger partial charge in [0.2, 0.25) is 5.91 Å². The molecule has 1 unspecified atom stereocenters. The fourth-order valence-corrected chi connectivity index (χ4v) is 2.81. The molecule has 19 heavy (non-hydrogen) atoms. The lowest BCUT2D eigenvalue weighted by atomic mass is 9.88. The van der Waals surface area contributed by atoms with E-state index in [2.05, 4.69) is 12.2 Å². The van der Waals surface area contributed by atoms with E-state index >= 15 is 0 Å². The first-order valence-electron chi connectivity index (χ1n) is 7.64. The summed E-state index contributed by atoms with van der Waals surface area (Å²) in [6.45, 7) is 8.23. The predicted octanol–water partition coefficient (Wildman–Crippen LogP) is 1.60. The fourth-order valence-electron chi connectivity index (χ4n) is 2.37. The monoisotopic (exact) mass is 294 g/mol. The molecule has 1 N–H and O–H groups in total. The molecule has 6 heteroatoms. The average molecular weight is 294 g/mol. The van der Waals surface area contributed by atoms with Crippen LogP contribution < -0.4 is 5.32 Å². The van der Waals surface area contributed by atoms with Crippen molar-refractivity contribution < 1.29 is 21.5 Å². The normalized spacial score (nSPS) is 34.6. The number of hydrogen-bond acceptors (Lipinski definition) is 4. The third-order valence-corrected chi connectivity index (χ3v) is 3.83. The van der Waals surface area contributed by atoms with Gasteiger partial charge in [0.05, 0.1) is 28.1 Å². The Morgan fingerprint density at radius 1 is 1.63 bits per heavy atom. The highest BCUT2D eigenvalue weighted by Crippen LogP contribution is 2.30. The maximum Gasteiger partial charge on any atom is 0.217 e. The summed E-state index contributed by atoms with van der Waals surface area (Å²) in [5.41, 5.74) is 0. The maximum absolute atomic E-state index is 11.4. The molecule has 112 valence electrons. The number of nitrogens with one attached hydrogen (secondary N) is 1. The average Bonchev–Trinajstić information content (AvgIpc) is 2.36. The van der Waals surface area contributed by atoms with Crippen molar-refractivity contribution in [3.05, 3.63) is 0 Å².